The number of imidazole rings is 1. The van der Waals surface area contributed by atoms with Crippen LogP contribution in [0.3, 0.4) is 0 Å². The van der Waals surface area contributed by atoms with Crippen LogP contribution in [-0.2, 0) is 11.3 Å². The number of aromatic amines is 1. The van der Waals surface area contributed by atoms with Crippen molar-refractivity contribution in [3.8, 4) is 0 Å². The molecule has 2 aromatic rings. The summed E-state index contributed by atoms with van der Waals surface area (Å²) in [5.41, 5.74) is 3.01. The summed E-state index contributed by atoms with van der Waals surface area (Å²) in [6.07, 6.45) is 0.511. The molecule has 3 amide bonds. The summed E-state index contributed by atoms with van der Waals surface area (Å²) in [4.78, 5) is 34.9. The molecule has 1 aliphatic heterocycles. The maximum absolute atomic E-state index is 12.2. The van der Waals surface area contributed by atoms with Gasteiger partial charge in [0.1, 0.15) is 5.82 Å². The van der Waals surface area contributed by atoms with Crippen LogP contribution in [-0.4, -0.2) is 58.9 Å². The third-order valence-corrected chi connectivity index (χ3v) is 4.47. The lowest BCUT2D eigenvalue weighted by molar-refractivity contribution is -0.126. The molecule has 0 radical (unpaired) electrons. The zero-order chi connectivity index (χ0) is 17.3. The number of rotatable bonds is 4. The van der Waals surface area contributed by atoms with Crippen molar-refractivity contribution in [3.05, 3.63) is 29.6 Å². The highest BCUT2D eigenvalue weighted by Crippen LogP contribution is 2.17. The number of hydrogen-bond donors (Lipinski definition) is 2. The third kappa shape index (κ3) is 3.34. The molecule has 1 atom stereocenters. The van der Waals surface area contributed by atoms with Crippen LogP contribution in [0.2, 0.25) is 0 Å². The zero-order valence-electron chi connectivity index (χ0n) is 14.3. The van der Waals surface area contributed by atoms with Crippen LogP contribution >= 0.6 is 0 Å². The number of H-pyrrole nitrogens is 1. The summed E-state index contributed by atoms with van der Waals surface area (Å²) in [7, 11) is 3.55. The summed E-state index contributed by atoms with van der Waals surface area (Å²) < 4.78 is 0. The van der Waals surface area contributed by atoms with Gasteiger partial charge in [-0.05, 0) is 18.6 Å². The minimum Gasteiger partial charge on any atom is -0.345 e. The maximum atomic E-state index is 12.2. The minimum atomic E-state index is -0.158. The minimum absolute atomic E-state index is 0.145. The Morgan fingerprint density at radius 3 is 2.96 bits per heavy atom. The number of nitrogens with one attached hydrogen (secondary N) is 2. The molecule has 0 saturated carbocycles. The Morgan fingerprint density at radius 2 is 2.29 bits per heavy atom. The molecule has 3 rings (SSSR count). The molecule has 1 unspecified atom stereocenters. The Labute approximate surface area is 141 Å². The molecule has 2 N–H and O–H groups in total. The Morgan fingerprint density at radius 1 is 1.50 bits per heavy atom. The smallest absolute Gasteiger partial charge is 0.317 e. The number of carbonyl (C=O) groups excluding carboxylic acids is 2. The Balaban J connectivity index is 1.54. The summed E-state index contributed by atoms with van der Waals surface area (Å²) in [6, 6.07) is 5.81. The van der Waals surface area contributed by atoms with E-state index in [9.17, 15) is 9.59 Å². The number of amides is 3. The number of benzene rings is 1. The molecule has 2 heterocycles. The second-order valence-electron chi connectivity index (χ2n) is 6.54. The number of carbonyl (C=O) groups is 2. The van der Waals surface area contributed by atoms with Crippen LogP contribution < -0.4 is 5.32 Å². The number of hydrogen-bond acceptors (Lipinski definition) is 3. The van der Waals surface area contributed by atoms with Gasteiger partial charge in [-0.2, -0.15) is 0 Å². The fourth-order valence-electron chi connectivity index (χ4n) is 3.15. The normalized spacial score (nSPS) is 17.5. The summed E-state index contributed by atoms with van der Waals surface area (Å²) in [6.45, 7) is 3.64. The Kier molecular flexibility index (Phi) is 4.42. The van der Waals surface area contributed by atoms with Crippen molar-refractivity contribution in [3.63, 3.8) is 0 Å². The number of nitrogens with zero attached hydrogens (tertiary/aromatic N) is 3. The number of fused-ring (bicyclic) bond motifs is 1. The molecule has 1 aromatic carbocycles. The highest BCUT2D eigenvalue weighted by atomic mass is 16.2. The van der Waals surface area contributed by atoms with Crippen molar-refractivity contribution in [1.29, 1.82) is 0 Å². The monoisotopic (exact) mass is 329 g/mol. The highest BCUT2D eigenvalue weighted by Gasteiger charge is 2.28. The molecule has 1 saturated heterocycles. The summed E-state index contributed by atoms with van der Waals surface area (Å²) in [5, 5.41) is 2.87. The van der Waals surface area contributed by atoms with Crippen LogP contribution in [0.4, 0.5) is 4.79 Å². The first-order valence-corrected chi connectivity index (χ1v) is 8.11. The van der Waals surface area contributed by atoms with E-state index in [0.717, 1.165) is 22.4 Å². The van der Waals surface area contributed by atoms with Crippen LogP contribution in [0.25, 0.3) is 11.0 Å². The fourth-order valence-corrected chi connectivity index (χ4v) is 3.15. The van der Waals surface area contributed by atoms with Crippen molar-refractivity contribution in [2.24, 2.45) is 5.92 Å². The fraction of sp³-hybridized carbons (Fsp3) is 0.471. The van der Waals surface area contributed by atoms with Crippen molar-refractivity contribution < 1.29 is 9.59 Å². The van der Waals surface area contributed by atoms with Gasteiger partial charge in [-0.25, -0.2) is 9.78 Å². The molecular weight excluding hydrogens is 306 g/mol. The first-order chi connectivity index (χ1) is 11.4. The van der Waals surface area contributed by atoms with E-state index in [4.69, 9.17) is 0 Å². The van der Waals surface area contributed by atoms with E-state index in [-0.39, 0.29) is 17.9 Å². The lowest BCUT2D eigenvalue weighted by Crippen LogP contribution is -2.40. The molecule has 0 aliphatic carbocycles. The van der Waals surface area contributed by atoms with Gasteiger partial charge in [0.05, 0.1) is 17.6 Å². The van der Waals surface area contributed by atoms with E-state index >= 15 is 0 Å². The predicted molar refractivity (Wildman–Crippen MR) is 91.4 cm³/mol. The topological polar surface area (TPSA) is 81.3 Å². The predicted octanol–water partition coefficient (Wildman–Crippen LogP) is 1.49. The molecule has 128 valence electrons. The second kappa shape index (κ2) is 6.51. The zero-order valence-corrected chi connectivity index (χ0v) is 14.3. The lowest BCUT2D eigenvalue weighted by Gasteiger charge is -2.21. The van der Waals surface area contributed by atoms with Gasteiger partial charge >= 0.3 is 6.03 Å². The van der Waals surface area contributed by atoms with E-state index < -0.39 is 0 Å². The Hall–Kier alpha value is -2.57. The van der Waals surface area contributed by atoms with Crippen LogP contribution in [0.5, 0.6) is 0 Å². The SMILES string of the molecule is Cc1cccc2[nH]c(CNC(=O)N(C)CC3CC(=O)N(C)C3)nc12. The molecule has 0 bridgehead atoms. The lowest BCUT2D eigenvalue weighted by atomic mass is 10.1. The standard InChI is InChI=1S/C17H23N5O2/c1-11-5-4-6-13-16(11)20-14(19-13)8-18-17(24)22(3)10-12-7-15(23)21(2)9-12/h4-6,12H,7-10H2,1-3H3,(H,18,24)(H,19,20). The van der Waals surface area contributed by atoms with Crippen LogP contribution in [0.15, 0.2) is 18.2 Å². The summed E-state index contributed by atoms with van der Waals surface area (Å²) >= 11 is 0. The van der Waals surface area contributed by atoms with E-state index in [2.05, 4.69) is 15.3 Å². The van der Waals surface area contributed by atoms with E-state index in [0.29, 0.717) is 26.1 Å². The largest absolute Gasteiger partial charge is 0.345 e. The maximum Gasteiger partial charge on any atom is 0.317 e. The first-order valence-electron chi connectivity index (χ1n) is 8.11. The molecule has 7 heteroatoms. The highest BCUT2D eigenvalue weighted by molar-refractivity contribution is 5.79. The van der Waals surface area contributed by atoms with Crippen molar-refractivity contribution in [2.75, 3.05) is 27.2 Å². The average molecular weight is 329 g/mol. The van der Waals surface area contributed by atoms with Crippen LogP contribution in [0, 0.1) is 12.8 Å². The number of urea groups is 1. The van der Waals surface area contributed by atoms with Gasteiger partial charge in [-0.1, -0.05) is 12.1 Å². The van der Waals surface area contributed by atoms with E-state index in [1.807, 2.05) is 25.1 Å². The molecule has 7 nitrogen and oxygen atoms in total. The van der Waals surface area contributed by atoms with Crippen LogP contribution in [0.1, 0.15) is 17.8 Å². The van der Waals surface area contributed by atoms with E-state index in [1.54, 1.807) is 23.9 Å². The molecule has 1 aromatic heterocycles. The average Bonchev–Trinajstić information content (AvgIpc) is 3.09. The van der Waals surface area contributed by atoms with Crippen molar-refractivity contribution >= 4 is 23.0 Å². The molecule has 1 fully saturated rings. The molecule has 0 spiro atoms. The summed E-state index contributed by atoms with van der Waals surface area (Å²) in [5.74, 6) is 1.08. The van der Waals surface area contributed by atoms with E-state index in [1.165, 1.54) is 0 Å². The van der Waals surface area contributed by atoms with Gasteiger partial charge < -0.3 is 20.1 Å². The number of likely N-dealkylation sites (tertiary alicyclic amines) is 1. The quantitative estimate of drug-likeness (QED) is 0.892. The van der Waals surface area contributed by atoms with Gasteiger partial charge in [0.25, 0.3) is 0 Å². The van der Waals surface area contributed by atoms with Gasteiger partial charge in [0.15, 0.2) is 0 Å². The van der Waals surface area contributed by atoms with Gasteiger partial charge in [-0.15, -0.1) is 0 Å². The molecule has 24 heavy (non-hydrogen) atoms. The first kappa shape index (κ1) is 16.3. The molecular formula is C17H23N5O2. The molecule has 1 aliphatic rings. The number of aromatic nitrogens is 2. The second-order valence-corrected chi connectivity index (χ2v) is 6.54. The van der Waals surface area contributed by atoms with Crippen molar-refractivity contribution in [1.82, 2.24) is 25.1 Å². The van der Waals surface area contributed by atoms with Gasteiger partial charge in [0.2, 0.25) is 5.91 Å². The van der Waals surface area contributed by atoms with Crippen molar-refractivity contribution in [2.45, 2.75) is 19.9 Å². The number of para-hydroxylation sites is 1. The van der Waals surface area contributed by atoms with Gasteiger partial charge in [0, 0.05) is 39.5 Å². The Bertz CT molecular complexity index is 769. The number of aryl methyl sites for hydroxylation is 1. The van der Waals surface area contributed by atoms with Gasteiger partial charge in [-0.3, -0.25) is 4.79 Å². The third-order valence-electron chi connectivity index (χ3n) is 4.47.